The molecule has 0 saturated carbocycles. The average molecular weight is 350 g/mol. The second-order valence-corrected chi connectivity index (χ2v) is 5.20. The van der Waals surface area contributed by atoms with E-state index in [9.17, 15) is 0 Å². The van der Waals surface area contributed by atoms with E-state index in [-0.39, 0.29) is 6.61 Å². The normalized spacial score (nSPS) is 10.8. The molecule has 3 aromatic rings. The van der Waals surface area contributed by atoms with E-state index in [0.717, 1.165) is 11.3 Å². The van der Waals surface area contributed by atoms with Gasteiger partial charge in [0.2, 0.25) is 0 Å². The number of rotatable bonds is 4. The van der Waals surface area contributed by atoms with Crippen LogP contribution in [0, 0.1) is 6.92 Å². The molecule has 2 heterocycles. The molecular formula is C14H12BrN3O3. The van der Waals surface area contributed by atoms with E-state index in [0.29, 0.717) is 27.9 Å². The first-order chi connectivity index (χ1) is 10.1. The van der Waals surface area contributed by atoms with Crippen molar-refractivity contribution in [3.8, 4) is 17.4 Å². The maximum Gasteiger partial charge on any atom is 0.283 e. The van der Waals surface area contributed by atoms with Crippen molar-refractivity contribution in [2.75, 3.05) is 5.73 Å². The number of aromatic nitrogens is 2. The predicted octanol–water partition coefficient (Wildman–Crippen LogP) is 3.56. The summed E-state index contributed by atoms with van der Waals surface area (Å²) in [4.78, 5) is 0. The lowest BCUT2D eigenvalue weighted by atomic mass is 10.2. The number of halogens is 1. The van der Waals surface area contributed by atoms with Gasteiger partial charge in [-0.25, -0.2) is 0 Å². The van der Waals surface area contributed by atoms with Gasteiger partial charge in [0, 0.05) is 5.69 Å². The maximum atomic E-state index is 5.69. The third kappa shape index (κ3) is 3.08. The molecule has 1 aromatic carbocycles. The van der Waals surface area contributed by atoms with E-state index in [1.807, 2.05) is 19.1 Å². The van der Waals surface area contributed by atoms with Crippen LogP contribution in [0.3, 0.4) is 0 Å². The first-order valence-electron chi connectivity index (χ1n) is 6.19. The van der Waals surface area contributed by atoms with E-state index in [1.54, 1.807) is 18.2 Å². The van der Waals surface area contributed by atoms with Crippen LogP contribution >= 0.6 is 15.9 Å². The third-order valence-corrected chi connectivity index (χ3v) is 3.23. The van der Waals surface area contributed by atoms with Crippen LogP contribution in [-0.4, -0.2) is 10.2 Å². The van der Waals surface area contributed by atoms with Crippen LogP contribution in [0.25, 0.3) is 11.7 Å². The second-order valence-electron chi connectivity index (χ2n) is 4.42. The molecule has 0 unspecified atom stereocenters. The Balaban J connectivity index is 1.70. The molecule has 0 aliphatic rings. The molecule has 2 N–H and O–H groups in total. The van der Waals surface area contributed by atoms with Gasteiger partial charge < -0.3 is 19.3 Å². The van der Waals surface area contributed by atoms with E-state index >= 15 is 0 Å². The summed E-state index contributed by atoms with van der Waals surface area (Å²) in [6.07, 6.45) is 0. The Labute approximate surface area is 129 Å². The Morgan fingerprint density at radius 1 is 1.19 bits per heavy atom. The second kappa shape index (κ2) is 5.61. The summed E-state index contributed by atoms with van der Waals surface area (Å²) in [5, 5.41) is 7.84. The van der Waals surface area contributed by atoms with Crippen LogP contribution in [0.1, 0.15) is 11.5 Å². The van der Waals surface area contributed by atoms with Crippen LogP contribution in [0.4, 0.5) is 5.69 Å². The zero-order chi connectivity index (χ0) is 14.8. The van der Waals surface area contributed by atoms with Crippen LogP contribution < -0.4 is 10.5 Å². The molecule has 0 bridgehead atoms. The molecule has 2 aromatic heterocycles. The van der Waals surface area contributed by atoms with Crippen molar-refractivity contribution in [2.24, 2.45) is 0 Å². The van der Waals surface area contributed by atoms with Crippen LogP contribution in [-0.2, 0) is 6.61 Å². The van der Waals surface area contributed by atoms with Crippen molar-refractivity contribution in [1.82, 2.24) is 10.2 Å². The summed E-state index contributed by atoms with van der Waals surface area (Å²) in [6, 6.07) is 8.93. The Morgan fingerprint density at radius 2 is 2.05 bits per heavy atom. The summed E-state index contributed by atoms with van der Waals surface area (Å²) in [5.74, 6) is 1.91. The molecule has 0 aliphatic carbocycles. The number of furan rings is 1. The van der Waals surface area contributed by atoms with Gasteiger partial charge in [-0.15, -0.1) is 10.2 Å². The van der Waals surface area contributed by atoms with E-state index in [1.165, 1.54) is 0 Å². The molecular weight excluding hydrogens is 338 g/mol. The lowest BCUT2D eigenvalue weighted by molar-refractivity contribution is 0.262. The highest BCUT2D eigenvalue weighted by Crippen LogP contribution is 2.25. The number of nitrogens with two attached hydrogens (primary N) is 1. The fourth-order valence-electron chi connectivity index (χ4n) is 1.81. The van der Waals surface area contributed by atoms with Gasteiger partial charge in [-0.2, -0.15) is 0 Å². The number of benzene rings is 1. The summed E-state index contributed by atoms with van der Waals surface area (Å²) < 4.78 is 17.1. The molecule has 0 atom stereocenters. The van der Waals surface area contributed by atoms with Crippen molar-refractivity contribution in [3.63, 3.8) is 0 Å². The summed E-state index contributed by atoms with van der Waals surface area (Å²) >= 11 is 3.22. The quantitative estimate of drug-likeness (QED) is 0.724. The zero-order valence-corrected chi connectivity index (χ0v) is 12.8. The Bertz CT molecular complexity index is 766. The monoisotopic (exact) mass is 349 g/mol. The molecule has 0 saturated heterocycles. The van der Waals surface area contributed by atoms with Crippen molar-refractivity contribution < 1.29 is 13.6 Å². The number of aryl methyl sites for hydroxylation is 1. The molecule has 0 fully saturated rings. The van der Waals surface area contributed by atoms with Crippen LogP contribution in [0.15, 0.2) is 43.8 Å². The zero-order valence-electron chi connectivity index (χ0n) is 11.2. The molecule has 21 heavy (non-hydrogen) atoms. The molecule has 0 spiro atoms. The van der Waals surface area contributed by atoms with Crippen LogP contribution in [0.2, 0.25) is 0 Å². The predicted molar refractivity (Wildman–Crippen MR) is 79.6 cm³/mol. The van der Waals surface area contributed by atoms with E-state index in [2.05, 4.69) is 26.1 Å². The molecule has 7 heteroatoms. The van der Waals surface area contributed by atoms with Gasteiger partial charge in [-0.05, 0) is 58.7 Å². The van der Waals surface area contributed by atoms with Crippen molar-refractivity contribution in [2.45, 2.75) is 13.5 Å². The summed E-state index contributed by atoms with van der Waals surface area (Å²) in [6.45, 7) is 2.10. The smallest absolute Gasteiger partial charge is 0.283 e. The molecule has 0 aliphatic heterocycles. The van der Waals surface area contributed by atoms with E-state index in [4.69, 9.17) is 19.3 Å². The number of nitrogens with zero attached hydrogens (tertiary/aromatic N) is 2. The highest BCUT2D eigenvalue weighted by Gasteiger charge is 2.13. The SMILES string of the molecule is Cc1cc(N)ccc1OCc1nnc(-c2ccc(Br)o2)o1. The van der Waals surface area contributed by atoms with Gasteiger partial charge in [0.1, 0.15) is 5.75 Å². The largest absolute Gasteiger partial charge is 0.484 e. The molecule has 6 nitrogen and oxygen atoms in total. The fourth-order valence-corrected chi connectivity index (χ4v) is 2.12. The van der Waals surface area contributed by atoms with E-state index < -0.39 is 0 Å². The van der Waals surface area contributed by atoms with Gasteiger partial charge in [-0.3, -0.25) is 0 Å². The Hall–Kier alpha value is -2.28. The van der Waals surface area contributed by atoms with Crippen molar-refractivity contribution >= 4 is 21.6 Å². The minimum absolute atomic E-state index is 0.180. The summed E-state index contributed by atoms with van der Waals surface area (Å²) in [5.41, 5.74) is 7.34. The molecule has 0 radical (unpaired) electrons. The Morgan fingerprint density at radius 3 is 2.76 bits per heavy atom. The van der Waals surface area contributed by atoms with Crippen molar-refractivity contribution in [1.29, 1.82) is 0 Å². The molecule has 108 valence electrons. The van der Waals surface area contributed by atoms with Gasteiger partial charge >= 0.3 is 0 Å². The Kier molecular flexibility index (Phi) is 3.66. The maximum absolute atomic E-state index is 5.69. The van der Waals surface area contributed by atoms with Gasteiger partial charge in [0.25, 0.3) is 11.8 Å². The average Bonchev–Trinajstić information content (AvgIpc) is 3.06. The van der Waals surface area contributed by atoms with Crippen molar-refractivity contribution in [3.05, 3.63) is 46.5 Å². The lowest BCUT2D eigenvalue weighted by Crippen LogP contribution is -1.98. The standard InChI is InChI=1S/C14H12BrN3O3/c1-8-6-9(16)2-3-10(8)19-7-13-17-18-14(21-13)11-4-5-12(15)20-11/h2-6H,7,16H2,1H3. The minimum Gasteiger partial charge on any atom is -0.484 e. The first-order valence-corrected chi connectivity index (χ1v) is 6.98. The number of anilines is 1. The van der Waals surface area contributed by atoms with Gasteiger partial charge in [-0.1, -0.05) is 0 Å². The van der Waals surface area contributed by atoms with Gasteiger partial charge in [0.15, 0.2) is 17.0 Å². The lowest BCUT2D eigenvalue weighted by Gasteiger charge is -2.07. The topological polar surface area (TPSA) is 87.3 Å². The summed E-state index contributed by atoms with van der Waals surface area (Å²) in [7, 11) is 0. The number of ether oxygens (including phenoxy) is 1. The highest BCUT2D eigenvalue weighted by atomic mass is 79.9. The van der Waals surface area contributed by atoms with Crippen LogP contribution in [0.5, 0.6) is 5.75 Å². The van der Waals surface area contributed by atoms with Gasteiger partial charge in [0.05, 0.1) is 0 Å². The first kappa shape index (κ1) is 13.7. The fraction of sp³-hybridized carbons (Fsp3) is 0.143. The number of nitrogen functional groups attached to an aromatic ring is 1. The minimum atomic E-state index is 0.180. The number of hydrogen-bond donors (Lipinski definition) is 1. The number of hydrogen-bond acceptors (Lipinski definition) is 6. The third-order valence-electron chi connectivity index (χ3n) is 2.80. The molecule has 3 rings (SSSR count). The highest BCUT2D eigenvalue weighted by molar-refractivity contribution is 9.10. The molecule has 0 amide bonds.